The summed E-state index contributed by atoms with van der Waals surface area (Å²) in [5.74, 6) is 0. The van der Waals surface area contributed by atoms with E-state index in [2.05, 4.69) is 11.1 Å². The summed E-state index contributed by atoms with van der Waals surface area (Å²) >= 11 is 6.65. The molecule has 0 aliphatic heterocycles. The third kappa shape index (κ3) is 3.47. The molecule has 0 aliphatic rings. The van der Waals surface area contributed by atoms with Crippen molar-refractivity contribution in [3.8, 4) is 17.2 Å². The fourth-order valence-electron chi connectivity index (χ4n) is 3.29. The smallest absolute Gasteiger partial charge is 0.122 e. The van der Waals surface area contributed by atoms with Gasteiger partial charge in [0.05, 0.1) is 11.6 Å². The van der Waals surface area contributed by atoms with Gasteiger partial charge in [0, 0.05) is 28.5 Å². The molecule has 1 N–H and O–H groups in total. The van der Waals surface area contributed by atoms with Crippen molar-refractivity contribution in [1.29, 1.82) is 5.26 Å². The molecular weight excluding hydrogens is 356 g/mol. The summed E-state index contributed by atoms with van der Waals surface area (Å²) in [6.45, 7) is 5.93. The number of hydrogen-bond acceptors (Lipinski definition) is 3. The number of aromatic nitrogens is 1. The highest BCUT2D eigenvalue weighted by Crippen LogP contribution is 2.47. The van der Waals surface area contributed by atoms with Gasteiger partial charge < -0.3 is 5.11 Å². The molecule has 0 bridgehead atoms. The normalized spacial score (nSPS) is 13.6. The van der Waals surface area contributed by atoms with Gasteiger partial charge >= 0.3 is 0 Å². The minimum atomic E-state index is -1.29. The lowest BCUT2D eigenvalue weighted by Gasteiger charge is -2.41. The monoisotopic (exact) mass is 376 g/mol. The van der Waals surface area contributed by atoms with Crippen molar-refractivity contribution in [3.63, 3.8) is 0 Å². The second-order valence-corrected chi connectivity index (χ2v) is 7.99. The van der Waals surface area contributed by atoms with Crippen LogP contribution in [0.4, 0.5) is 0 Å². The summed E-state index contributed by atoms with van der Waals surface area (Å²) in [5, 5.41) is 21.2. The van der Waals surface area contributed by atoms with Gasteiger partial charge in [-0.3, -0.25) is 4.98 Å². The van der Waals surface area contributed by atoms with Crippen LogP contribution in [-0.4, -0.2) is 10.1 Å². The molecular formula is C23H21ClN2O. The molecule has 1 heterocycles. The predicted molar refractivity (Wildman–Crippen MR) is 108 cm³/mol. The van der Waals surface area contributed by atoms with Crippen LogP contribution in [0.2, 0.25) is 5.02 Å². The van der Waals surface area contributed by atoms with E-state index in [1.54, 1.807) is 24.5 Å². The number of rotatable bonds is 3. The highest BCUT2D eigenvalue weighted by Gasteiger charge is 2.44. The first kappa shape index (κ1) is 19.1. The molecule has 0 radical (unpaired) electrons. The Morgan fingerprint density at radius 1 is 1.00 bits per heavy atom. The first-order chi connectivity index (χ1) is 12.8. The Labute approximate surface area is 164 Å². The van der Waals surface area contributed by atoms with Gasteiger partial charge in [0.25, 0.3) is 0 Å². The van der Waals surface area contributed by atoms with Gasteiger partial charge in [-0.15, -0.1) is 0 Å². The maximum atomic E-state index is 11.7. The molecule has 0 aliphatic carbocycles. The Hall–Kier alpha value is -2.67. The highest BCUT2D eigenvalue weighted by atomic mass is 35.5. The van der Waals surface area contributed by atoms with E-state index < -0.39 is 11.0 Å². The molecule has 27 heavy (non-hydrogen) atoms. The lowest BCUT2D eigenvalue weighted by Crippen LogP contribution is -2.41. The SMILES string of the molecule is CC(C)(C)C(O)(c1cccnc1)c1ccc(-c2ccc(C#N)cc2)cc1Cl. The second kappa shape index (κ2) is 7.15. The zero-order valence-electron chi connectivity index (χ0n) is 15.6. The summed E-state index contributed by atoms with van der Waals surface area (Å²) in [6, 6.07) is 18.8. The van der Waals surface area contributed by atoms with E-state index in [1.807, 2.05) is 63.2 Å². The second-order valence-electron chi connectivity index (χ2n) is 7.59. The van der Waals surface area contributed by atoms with Crippen molar-refractivity contribution in [2.75, 3.05) is 0 Å². The third-order valence-electron chi connectivity index (χ3n) is 4.87. The number of nitriles is 1. The van der Waals surface area contributed by atoms with E-state index >= 15 is 0 Å². The third-order valence-corrected chi connectivity index (χ3v) is 5.18. The van der Waals surface area contributed by atoms with E-state index in [4.69, 9.17) is 16.9 Å². The molecule has 3 nitrogen and oxygen atoms in total. The lowest BCUT2D eigenvalue weighted by atomic mass is 9.68. The van der Waals surface area contributed by atoms with Gasteiger partial charge in [-0.25, -0.2) is 0 Å². The molecule has 0 fully saturated rings. The standard InChI is InChI=1S/C23H21ClN2O/c1-22(2,3)23(27,19-5-4-12-26-15-19)20-11-10-18(13-21(20)24)17-8-6-16(14-25)7-9-17/h4-13,15,27H,1-3H3. The number of nitrogens with zero attached hydrogens (tertiary/aromatic N) is 2. The topological polar surface area (TPSA) is 56.9 Å². The molecule has 136 valence electrons. The number of aliphatic hydroxyl groups is 1. The molecule has 0 spiro atoms. The average molecular weight is 377 g/mol. The molecule has 2 aromatic carbocycles. The fourth-order valence-corrected chi connectivity index (χ4v) is 3.61. The van der Waals surface area contributed by atoms with Crippen molar-refractivity contribution in [2.24, 2.45) is 5.41 Å². The van der Waals surface area contributed by atoms with Crippen LogP contribution >= 0.6 is 11.6 Å². The summed E-state index contributed by atoms with van der Waals surface area (Å²) in [4.78, 5) is 4.17. The molecule has 3 rings (SSSR count). The fraction of sp³-hybridized carbons (Fsp3) is 0.217. The Morgan fingerprint density at radius 2 is 1.67 bits per heavy atom. The number of pyridine rings is 1. The van der Waals surface area contributed by atoms with E-state index in [1.165, 1.54) is 0 Å². The summed E-state index contributed by atoms with van der Waals surface area (Å²) < 4.78 is 0. The lowest BCUT2D eigenvalue weighted by molar-refractivity contribution is -0.0261. The summed E-state index contributed by atoms with van der Waals surface area (Å²) in [6.07, 6.45) is 3.36. The molecule has 1 atom stereocenters. The van der Waals surface area contributed by atoms with E-state index in [9.17, 15) is 5.11 Å². The van der Waals surface area contributed by atoms with E-state index in [0.717, 1.165) is 11.1 Å². The largest absolute Gasteiger partial charge is 0.380 e. The van der Waals surface area contributed by atoms with Crippen LogP contribution in [0.1, 0.15) is 37.5 Å². The van der Waals surface area contributed by atoms with Crippen LogP contribution in [0.5, 0.6) is 0 Å². The zero-order valence-corrected chi connectivity index (χ0v) is 16.3. The van der Waals surface area contributed by atoms with E-state index in [-0.39, 0.29) is 0 Å². The van der Waals surface area contributed by atoms with Gasteiger partial charge in [-0.1, -0.05) is 62.7 Å². The van der Waals surface area contributed by atoms with Crippen LogP contribution < -0.4 is 0 Å². The van der Waals surface area contributed by atoms with Crippen LogP contribution in [0.15, 0.2) is 67.0 Å². The molecule has 1 unspecified atom stereocenters. The van der Waals surface area contributed by atoms with Crippen molar-refractivity contribution < 1.29 is 5.11 Å². The molecule has 0 saturated heterocycles. The first-order valence-corrected chi connectivity index (χ1v) is 9.08. The Kier molecular flexibility index (Phi) is 5.06. The Bertz CT molecular complexity index is 986. The number of benzene rings is 2. The summed E-state index contributed by atoms with van der Waals surface area (Å²) in [5.41, 5.74) is 2.04. The Balaban J connectivity index is 2.11. The van der Waals surface area contributed by atoms with E-state index in [0.29, 0.717) is 21.7 Å². The Morgan fingerprint density at radius 3 is 2.19 bits per heavy atom. The van der Waals surface area contributed by atoms with Crippen LogP contribution in [-0.2, 0) is 5.60 Å². The van der Waals surface area contributed by atoms with Gasteiger partial charge in [-0.2, -0.15) is 5.26 Å². The van der Waals surface area contributed by atoms with Crippen LogP contribution in [0.3, 0.4) is 0 Å². The van der Waals surface area contributed by atoms with Gasteiger partial charge in [0.2, 0.25) is 0 Å². The number of hydrogen-bond donors (Lipinski definition) is 1. The first-order valence-electron chi connectivity index (χ1n) is 8.71. The van der Waals surface area contributed by atoms with Crippen molar-refractivity contribution in [2.45, 2.75) is 26.4 Å². The summed E-state index contributed by atoms with van der Waals surface area (Å²) in [7, 11) is 0. The quantitative estimate of drug-likeness (QED) is 0.651. The molecule has 4 heteroatoms. The maximum Gasteiger partial charge on any atom is 0.122 e. The average Bonchev–Trinajstić information content (AvgIpc) is 2.67. The molecule has 0 amide bonds. The zero-order chi connectivity index (χ0) is 19.7. The van der Waals surface area contributed by atoms with Crippen molar-refractivity contribution >= 4 is 11.6 Å². The van der Waals surface area contributed by atoms with Crippen LogP contribution in [0, 0.1) is 16.7 Å². The van der Waals surface area contributed by atoms with Gasteiger partial charge in [-0.05, 0) is 40.8 Å². The van der Waals surface area contributed by atoms with Crippen LogP contribution in [0.25, 0.3) is 11.1 Å². The van der Waals surface area contributed by atoms with Gasteiger partial charge in [0.1, 0.15) is 5.60 Å². The van der Waals surface area contributed by atoms with Gasteiger partial charge in [0.15, 0.2) is 0 Å². The minimum Gasteiger partial charge on any atom is -0.380 e. The predicted octanol–water partition coefficient (Wildman–Crippen LogP) is 5.56. The minimum absolute atomic E-state index is 0.484. The molecule has 0 saturated carbocycles. The van der Waals surface area contributed by atoms with Crippen molar-refractivity contribution in [1.82, 2.24) is 4.98 Å². The highest BCUT2D eigenvalue weighted by molar-refractivity contribution is 6.31. The number of halogens is 1. The van der Waals surface area contributed by atoms with Crippen molar-refractivity contribution in [3.05, 3.63) is 88.7 Å². The molecule has 3 aromatic rings. The molecule has 1 aromatic heterocycles. The maximum absolute atomic E-state index is 11.7.